The first-order chi connectivity index (χ1) is 34.8. The van der Waals surface area contributed by atoms with Crippen LogP contribution < -0.4 is 26.1 Å². The Morgan fingerprint density at radius 3 is 1.82 bits per heavy atom. The van der Waals surface area contributed by atoms with E-state index in [1.54, 1.807) is 51.1 Å². The maximum absolute atomic E-state index is 14.5. The Hall–Kier alpha value is -5.95. The van der Waals surface area contributed by atoms with Gasteiger partial charge in [-0.1, -0.05) is 31.1 Å². The molecule has 4 N–H and O–H groups in total. The lowest BCUT2D eigenvalue weighted by Crippen LogP contribution is -2.37. The molecule has 2 aromatic carbocycles. The number of unbranched alkanes of at least 4 members (excludes halogenated alkanes) is 2. The minimum Gasteiger partial charge on any atom is -0.480 e. The first-order valence-corrected chi connectivity index (χ1v) is 27.2. The van der Waals surface area contributed by atoms with Crippen LogP contribution in [-0.4, -0.2) is 129 Å². The van der Waals surface area contributed by atoms with Crippen molar-refractivity contribution in [2.45, 2.75) is 104 Å². The quantitative estimate of drug-likeness (QED) is 0.0173. The van der Waals surface area contributed by atoms with Crippen molar-refractivity contribution in [2.75, 3.05) is 71.7 Å². The van der Waals surface area contributed by atoms with E-state index >= 15 is 0 Å². The molecule has 1 unspecified atom stereocenters. The molecule has 2 amide bonds. The molecule has 2 heterocycles. The van der Waals surface area contributed by atoms with Gasteiger partial charge in [-0.15, -0.1) is 0 Å². The van der Waals surface area contributed by atoms with Crippen molar-refractivity contribution in [2.24, 2.45) is 0 Å². The summed E-state index contributed by atoms with van der Waals surface area (Å²) in [6.45, 7) is 13.5. The fraction of sp³-hybridized carbons (Fsp3) is 0.510. The van der Waals surface area contributed by atoms with Gasteiger partial charge in [-0.25, -0.2) is 24.0 Å². The van der Waals surface area contributed by atoms with Crippen LogP contribution >= 0.6 is 15.2 Å². The molecular weight excluding hydrogens is 1000 g/mol. The van der Waals surface area contributed by atoms with Crippen molar-refractivity contribution in [3.8, 4) is 0 Å². The summed E-state index contributed by atoms with van der Waals surface area (Å²) in [5.41, 5.74) is 2.91. The molecule has 0 saturated heterocycles. The fourth-order valence-electron chi connectivity index (χ4n) is 8.60. The van der Waals surface area contributed by atoms with Crippen molar-refractivity contribution in [3.63, 3.8) is 0 Å². The van der Waals surface area contributed by atoms with E-state index in [1.165, 1.54) is 6.07 Å². The van der Waals surface area contributed by atoms with Crippen molar-refractivity contribution in [3.05, 3.63) is 83.6 Å². The van der Waals surface area contributed by atoms with E-state index in [0.29, 0.717) is 38.8 Å². The highest BCUT2D eigenvalue weighted by atomic mass is 31.2. The number of benzene rings is 2. The zero-order valence-corrected chi connectivity index (χ0v) is 45.6. The number of carbonyl (C=O) groups excluding carboxylic acids is 4. The predicted octanol–water partition coefficient (Wildman–Crippen LogP) is 6.69. The number of allylic oxidation sites excluding steroid dienone is 6. The number of hydrogen-bond donors (Lipinski definition) is 4. The van der Waals surface area contributed by atoms with Crippen LogP contribution in [0, 0.1) is 0 Å². The minimum absolute atomic E-state index is 0.0186. The topological polar surface area (TPSA) is 272 Å². The monoisotopic (exact) mass is 1070 g/mol. The first-order valence-electron chi connectivity index (χ1n) is 24.2. The lowest BCUT2D eigenvalue weighted by atomic mass is 9.77. The minimum atomic E-state index is -4.37. The number of carboxylic acid groups (broad SMARTS) is 2. The van der Waals surface area contributed by atoms with Crippen LogP contribution in [0.4, 0.5) is 16.2 Å². The lowest BCUT2D eigenvalue weighted by molar-refractivity contribution is -0.433. The van der Waals surface area contributed by atoms with Crippen LogP contribution in [0.5, 0.6) is 0 Å². The molecule has 2 aliphatic rings. The molecule has 1 atom stereocenters. The summed E-state index contributed by atoms with van der Waals surface area (Å²) in [6, 6.07) is 9.90. The Bertz CT molecular complexity index is 2590. The number of amides is 2. The number of ether oxygens (including phenoxy) is 3. The van der Waals surface area contributed by atoms with Gasteiger partial charge in [-0.05, 0) is 110 Å². The molecule has 0 fully saturated rings. The number of fused-ring (bicyclic) bond motifs is 2. The molecule has 0 aromatic heterocycles. The Balaban J connectivity index is 1.65. The molecule has 0 saturated carbocycles. The Kier molecular flexibility index (Phi) is 21.7. The van der Waals surface area contributed by atoms with Crippen molar-refractivity contribution < 1.29 is 85.0 Å². The molecule has 406 valence electrons. The summed E-state index contributed by atoms with van der Waals surface area (Å²) in [7, 11) is -6.40. The van der Waals surface area contributed by atoms with Crippen LogP contribution in [0.2, 0.25) is 0 Å². The number of nitrogens with one attached hydrogen (secondary N) is 2. The number of carboxylic acids is 2. The molecule has 4 rings (SSSR count). The van der Waals surface area contributed by atoms with Crippen molar-refractivity contribution in [1.29, 1.82) is 0 Å². The van der Waals surface area contributed by atoms with E-state index in [2.05, 4.69) is 27.0 Å². The number of likely N-dealkylation sites (N-methyl/N-ethyl adjacent to an activating group) is 1. The van der Waals surface area contributed by atoms with E-state index in [-0.39, 0.29) is 36.0 Å². The molecule has 2 aromatic rings. The molecule has 0 radical (unpaired) electrons. The second kappa shape index (κ2) is 26.5. The molecule has 23 heteroatoms. The fourth-order valence-corrected chi connectivity index (χ4v) is 11.5. The second-order valence-electron chi connectivity index (χ2n) is 18.9. The second-order valence-corrected chi connectivity index (χ2v) is 23.0. The maximum atomic E-state index is 14.5. The summed E-state index contributed by atoms with van der Waals surface area (Å²) in [5.74, 6) is -4.58. The number of carbonyl (C=O) groups is 6. The maximum Gasteiger partial charge on any atom is 0.407 e. The Morgan fingerprint density at radius 2 is 1.28 bits per heavy atom. The molecule has 74 heavy (non-hydrogen) atoms. The average molecular weight is 1070 g/mol. The van der Waals surface area contributed by atoms with E-state index in [4.69, 9.17) is 32.3 Å². The number of alkyl carbamates (subject to hydrolysis) is 1. The normalized spacial score (nSPS) is 16.9. The molecule has 0 aliphatic carbocycles. The van der Waals surface area contributed by atoms with Gasteiger partial charge < -0.3 is 40.0 Å². The molecule has 21 nitrogen and oxygen atoms in total. The van der Waals surface area contributed by atoms with Crippen LogP contribution in [0.15, 0.2) is 72.5 Å². The van der Waals surface area contributed by atoms with E-state index in [9.17, 15) is 48.1 Å². The number of esters is 2. The molecule has 0 spiro atoms. The Labute approximate surface area is 432 Å². The Morgan fingerprint density at radius 1 is 0.730 bits per heavy atom. The van der Waals surface area contributed by atoms with Crippen molar-refractivity contribution in [1.82, 2.24) is 10.6 Å². The summed E-state index contributed by atoms with van der Waals surface area (Å²) in [4.78, 5) is 73.8. The SMILES string of the molecule is CCN1C(=CC=CC=CC2=[N+](CC)c3ccc(P(=O)(OCC(=O)O)OCC(=O)O)cc3C2(C)C)C(C)(CCCCCC(=O)NCCNC(=O)OC(C)(C)C)c2cc(P(=O)(OCC(=O)OC)OCC(=O)OC)ccc21. The van der Waals surface area contributed by atoms with Gasteiger partial charge in [0.05, 0.1) is 30.2 Å². The number of aliphatic carboxylic acids is 2. The summed E-state index contributed by atoms with van der Waals surface area (Å²) < 4.78 is 66.6. The highest BCUT2D eigenvalue weighted by Gasteiger charge is 2.46. The highest BCUT2D eigenvalue weighted by molar-refractivity contribution is 7.62. The number of nitrogens with zero attached hydrogens (tertiary/aromatic N) is 2. The van der Waals surface area contributed by atoms with Gasteiger partial charge in [0.15, 0.2) is 32.1 Å². The van der Waals surface area contributed by atoms with Gasteiger partial charge in [0.25, 0.3) is 0 Å². The van der Waals surface area contributed by atoms with Crippen molar-refractivity contribution >= 4 is 78.8 Å². The van der Waals surface area contributed by atoms with Gasteiger partial charge in [0.1, 0.15) is 12.1 Å². The third-order valence-electron chi connectivity index (χ3n) is 12.2. The van der Waals surface area contributed by atoms with Crippen LogP contribution in [0.25, 0.3) is 0 Å². The van der Waals surface area contributed by atoms with Crippen LogP contribution in [-0.2, 0) is 76.2 Å². The van der Waals surface area contributed by atoms with E-state index in [0.717, 1.165) is 48.1 Å². The zero-order valence-electron chi connectivity index (χ0n) is 43.9. The third kappa shape index (κ3) is 15.8. The number of anilines is 1. The smallest absolute Gasteiger partial charge is 0.407 e. The van der Waals surface area contributed by atoms with E-state index in [1.807, 2.05) is 58.1 Å². The van der Waals surface area contributed by atoms with Gasteiger partial charge in [-0.2, -0.15) is 4.58 Å². The predicted molar refractivity (Wildman–Crippen MR) is 276 cm³/mol. The zero-order chi connectivity index (χ0) is 55.1. The van der Waals surface area contributed by atoms with Gasteiger partial charge in [0, 0.05) is 60.6 Å². The van der Waals surface area contributed by atoms with Gasteiger partial charge >= 0.3 is 45.2 Å². The number of rotatable bonds is 28. The molecular formula is C51H71N4O17P2+. The van der Waals surface area contributed by atoms with Gasteiger partial charge in [0.2, 0.25) is 11.6 Å². The highest BCUT2D eigenvalue weighted by Crippen LogP contribution is 2.54. The standard InChI is InChI=1S/C51H70N4O17P2/c1-11-54-39-24-22-35(73(64,68-31-44(57)58)69-32-45(59)60)29-37(39)50(6,7)41(54)19-15-13-16-20-42-51(8,26-18-14-17-21-43(56)52-27-28-53-48(63)72-49(3,4)5)38-30-36(23-25-40(38)55(42)12-2)74(65,70-33-46(61)66-9)71-34-47(62)67-10/h13,15-16,19-20,22-25,29-30H,11-12,14,17-18,21,26-28,31-34H2,1-10H3,(H3-,52,53,56,57,58,59,60,63)/p+1. The summed E-state index contributed by atoms with van der Waals surface area (Å²) >= 11 is 0. The van der Waals surface area contributed by atoms with Gasteiger partial charge in [-0.3, -0.25) is 32.0 Å². The third-order valence-corrected chi connectivity index (χ3v) is 15.9. The molecule has 0 bridgehead atoms. The average Bonchev–Trinajstić information content (AvgIpc) is 3.72. The first kappa shape index (κ1) is 60.6. The summed E-state index contributed by atoms with van der Waals surface area (Å²) in [6.07, 6.45) is 11.9. The number of hydrogen-bond acceptors (Lipinski definition) is 16. The molecule has 2 aliphatic heterocycles. The largest absolute Gasteiger partial charge is 0.480 e. The van der Waals surface area contributed by atoms with Crippen LogP contribution in [0.3, 0.4) is 0 Å². The van der Waals surface area contributed by atoms with Crippen LogP contribution in [0.1, 0.15) is 98.6 Å². The summed E-state index contributed by atoms with van der Waals surface area (Å²) in [5, 5.41) is 24.0. The van der Waals surface area contributed by atoms with E-state index < -0.39 is 88.0 Å². The lowest BCUT2D eigenvalue weighted by Gasteiger charge is -2.30. The number of methoxy groups -OCH3 is 2.